The summed E-state index contributed by atoms with van der Waals surface area (Å²) in [5.41, 5.74) is 8.39. The molecule has 1 aliphatic heterocycles. The molecule has 0 saturated carbocycles. The van der Waals surface area contributed by atoms with E-state index >= 15 is 0 Å². The number of hydrogen-bond donors (Lipinski definition) is 2. The van der Waals surface area contributed by atoms with Crippen molar-refractivity contribution in [2.45, 2.75) is 72.6 Å². The van der Waals surface area contributed by atoms with Crippen molar-refractivity contribution >= 4 is 23.4 Å². The van der Waals surface area contributed by atoms with Crippen molar-refractivity contribution in [1.82, 2.24) is 5.32 Å². The number of imide groups is 1. The highest BCUT2D eigenvalue weighted by Crippen LogP contribution is 2.36. The Balaban J connectivity index is 1.48. The van der Waals surface area contributed by atoms with E-state index in [1.165, 1.54) is 33.4 Å². The van der Waals surface area contributed by atoms with E-state index in [9.17, 15) is 14.4 Å². The molecule has 6 nitrogen and oxygen atoms in total. The van der Waals surface area contributed by atoms with Gasteiger partial charge < -0.3 is 9.73 Å². The van der Waals surface area contributed by atoms with Gasteiger partial charge in [-0.25, -0.2) is 0 Å². The Morgan fingerprint density at radius 1 is 0.917 bits per heavy atom. The van der Waals surface area contributed by atoms with Crippen molar-refractivity contribution in [1.29, 1.82) is 0 Å². The van der Waals surface area contributed by atoms with Gasteiger partial charge in [-0.2, -0.15) is 0 Å². The average Bonchev–Trinajstić information content (AvgIpc) is 3.34. The van der Waals surface area contributed by atoms with Gasteiger partial charge in [0.15, 0.2) is 5.76 Å². The van der Waals surface area contributed by atoms with Gasteiger partial charge in [0.05, 0.1) is 5.41 Å². The number of nitrogens with one attached hydrogen (secondary N) is 2. The summed E-state index contributed by atoms with van der Waals surface area (Å²) in [4.78, 5) is 37.1. The molecule has 2 N–H and O–H groups in total. The van der Waals surface area contributed by atoms with Crippen LogP contribution in [0, 0.1) is 34.6 Å². The summed E-state index contributed by atoms with van der Waals surface area (Å²) in [6.45, 7) is 12.7. The van der Waals surface area contributed by atoms with Gasteiger partial charge in [-0.15, -0.1) is 0 Å². The van der Waals surface area contributed by atoms with Crippen LogP contribution >= 0.6 is 0 Å². The van der Waals surface area contributed by atoms with E-state index in [1.807, 2.05) is 25.1 Å². The minimum Gasteiger partial charge on any atom is -0.456 e. The van der Waals surface area contributed by atoms with Crippen molar-refractivity contribution < 1.29 is 18.8 Å². The average molecular weight is 487 g/mol. The molecule has 1 aliphatic rings. The van der Waals surface area contributed by atoms with Gasteiger partial charge in [0.25, 0.3) is 5.91 Å². The first-order chi connectivity index (χ1) is 17.1. The predicted molar refractivity (Wildman–Crippen MR) is 140 cm³/mol. The van der Waals surface area contributed by atoms with Crippen LogP contribution in [0.25, 0.3) is 0 Å². The highest BCUT2D eigenvalue weighted by molar-refractivity contribution is 6.04. The van der Waals surface area contributed by atoms with E-state index in [2.05, 4.69) is 45.3 Å². The van der Waals surface area contributed by atoms with Crippen molar-refractivity contribution in [3.8, 4) is 0 Å². The molecule has 0 radical (unpaired) electrons. The normalized spacial score (nSPS) is 17.7. The summed E-state index contributed by atoms with van der Waals surface area (Å²) in [5, 5.41) is 5.34. The van der Waals surface area contributed by atoms with Crippen molar-refractivity contribution in [2.75, 3.05) is 5.32 Å². The van der Waals surface area contributed by atoms with E-state index in [0.29, 0.717) is 31.4 Å². The number of hydrogen-bond acceptors (Lipinski definition) is 4. The Morgan fingerprint density at radius 3 is 2.11 bits per heavy atom. The Hall–Kier alpha value is -3.67. The van der Waals surface area contributed by atoms with Crippen molar-refractivity contribution in [3.63, 3.8) is 0 Å². The lowest BCUT2D eigenvalue weighted by Crippen LogP contribution is -2.51. The summed E-state index contributed by atoms with van der Waals surface area (Å²) in [6, 6.07) is 10.8. The first-order valence-electron chi connectivity index (χ1n) is 12.5. The zero-order chi connectivity index (χ0) is 26.2. The molecule has 2 heterocycles. The zero-order valence-corrected chi connectivity index (χ0v) is 21.9. The van der Waals surface area contributed by atoms with Crippen LogP contribution in [0.4, 0.5) is 5.69 Å². The maximum absolute atomic E-state index is 12.9. The van der Waals surface area contributed by atoms with Crippen LogP contribution in [0.2, 0.25) is 0 Å². The first-order valence-corrected chi connectivity index (χ1v) is 12.5. The van der Waals surface area contributed by atoms with E-state index in [4.69, 9.17) is 4.42 Å². The standard InChI is InChI=1S/C30H34N2O4/c1-7-30(15-14-27(33)32-29(30)35)22-8-10-23(11-9-22)31-28(34)26-13-12-24(36-26)16-25-20(5)18(3)17(2)19(4)21(25)6/h8-13H,7,14-16H2,1-6H3,(H,31,34)(H,32,33,35). The van der Waals surface area contributed by atoms with Crippen LogP contribution < -0.4 is 10.6 Å². The Labute approximate surface area is 212 Å². The molecule has 4 rings (SSSR count). The number of benzene rings is 2. The van der Waals surface area contributed by atoms with Gasteiger partial charge in [-0.3, -0.25) is 19.7 Å². The maximum atomic E-state index is 12.9. The van der Waals surface area contributed by atoms with E-state index in [1.54, 1.807) is 18.2 Å². The third kappa shape index (κ3) is 4.48. The number of carbonyl (C=O) groups excluding carboxylic acids is 3. The monoisotopic (exact) mass is 486 g/mol. The molecule has 1 aromatic heterocycles. The van der Waals surface area contributed by atoms with Crippen LogP contribution in [0.15, 0.2) is 40.8 Å². The Morgan fingerprint density at radius 2 is 1.53 bits per heavy atom. The third-order valence-corrected chi connectivity index (χ3v) is 8.16. The molecule has 2 aromatic carbocycles. The topological polar surface area (TPSA) is 88.4 Å². The quantitative estimate of drug-likeness (QED) is 0.434. The molecular formula is C30H34N2O4. The van der Waals surface area contributed by atoms with E-state index in [-0.39, 0.29) is 23.5 Å². The Bertz CT molecular complexity index is 1320. The van der Waals surface area contributed by atoms with Gasteiger partial charge in [0, 0.05) is 18.5 Å². The molecule has 0 spiro atoms. The summed E-state index contributed by atoms with van der Waals surface area (Å²) in [5.74, 6) is 0.173. The lowest BCUT2D eigenvalue weighted by atomic mass is 9.72. The molecule has 188 valence electrons. The third-order valence-electron chi connectivity index (χ3n) is 8.16. The smallest absolute Gasteiger partial charge is 0.291 e. The van der Waals surface area contributed by atoms with Crippen LogP contribution in [0.1, 0.15) is 81.4 Å². The largest absolute Gasteiger partial charge is 0.456 e. The molecule has 36 heavy (non-hydrogen) atoms. The van der Waals surface area contributed by atoms with Crippen molar-refractivity contribution in [2.24, 2.45) is 0 Å². The molecule has 3 aromatic rings. The zero-order valence-electron chi connectivity index (χ0n) is 21.9. The van der Waals surface area contributed by atoms with E-state index in [0.717, 1.165) is 11.3 Å². The summed E-state index contributed by atoms with van der Waals surface area (Å²) < 4.78 is 5.92. The number of amides is 3. The summed E-state index contributed by atoms with van der Waals surface area (Å²) in [7, 11) is 0. The summed E-state index contributed by atoms with van der Waals surface area (Å²) >= 11 is 0. The number of rotatable bonds is 6. The maximum Gasteiger partial charge on any atom is 0.291 e. The van der Waals surface area contributed by atoms with Crippen LogP contribution in [-0.2, 0) is 21.4 Å². The van der Waals surface area contributed by atoms with Crippen LogP contribution in [0.3, 0.4) is 0 Å². The first kappa shape index (κ1) is 25.4. The van der Waals surface area contributed by atoms with Crippen LogP contribution in [-0.4, -0.2) is 17.7 Å². The van der Waals surface area contributed by atoms with E-state index < -0.39 is 5.41 Å². The molecule has 3 amide bonds. The molecule has 1 unspecified atom stereocenters. The molecule has 6 heteroatoms. The lowest BCUT2D eigenvalue weighted by molar-refractivity contribution is -0.138. The highest BCUT2D eigenvalue weighted by Gasteiger charge is 2.42. The molecule has 1 fully saturated rings. The second-order valence-electron chi connectivity index (χ2n) is 9.89. The van der Waals surface area contributed by atoms with Gasteiger partial charge in [-0.05, 0) is 111 Å². The number of furan rings is 1. The molecule has 0 bridgehead atoms. The van der Waals surface area contributed by atoms with Crippen LogP contribution in [0.5, 0.6) is 0 Å². The molecular weight excluding hydrogens is 452 g/mol. The van der Waals surface area contributed by atoms with Gasteiger partial charge in [-0.1, -0.05) is 19.1 Å². The predicted octanol–water partition coefficient (Wildman–Crippen LogP) is 5.75. The minimum atomic E-state index is -0.727. The lowest BCUT2D eigenvalue weighted by Gasteiger charge is -2.35. The molecule has 1 atom stereocenters. The number of anilines is 1. The number of carbonyl (C=O) groups is 3. The van der Waals surface area contributed by atoms with Crippen molar-refractivity contribution in [3.05, 3.63) is 86.9 Å². The molecule has 1 saturated heterocycles. The molecule has 0 aliphatic carbocycles. The van der Waals surface area contributed by atoms with Gasteiger partial charge >= 0.3 is 0 Å². The summed E-state index contributed by atoms with van der Waals surface area (Å²) in [6.07, 6.45) is 2.02. The fourth-order valence-corrected chi connectivity index (χ4v) is 5.24. The fraction of sp³-hybridized carbons (Fsp3) is 0.367. The number of piperidine rings is 1. The highest BCUT2D eigenvalue weighted by atomic mass is 16.3. The second-order valence-corrected chi connectivity index (χ2v) is 9.89. The fourth-order valence-electron chi connectivity index (χ4n) is 5.24. The Kier molecular flexibility index (Phi) is 6.90. The second kappa shape index (κ2) is 9.76. The van der Waals surface area contributed by atoms with Gasteiger partial charge in [0.2, 0.25) is 11.8 Å². The minimum absolute atomic E-state index is 0.233. The SMILES string of the molecule is CCC1(c2ccc(NC(=O)c3ccc(Cc4c(C)c(C)c(C)c(C)c4C)o3)cc2)CCC(=O)NC1=O. The van der Waals surface area contributed by atoms with Gasteiger partial charge in [0.1, 0.15) is 5.76 Å².